The minimum absolute atomic E-state index is 0.106. The summed E-state index contributed by atoms with van der Waals surface area (Å²) >= 11 is 0. The standard InChI is InChI=1S/C26H21N3O4/c1-18-6-10-23(15-25(18)29(31)32)26(30)28-27-16-19-8-12-24(13-9-19)33-17-20-7-11-21-4-2-3-5-22(21)14-20/h2-16H,17H2,1H3,(H,28,30)/b27-16+. The first-order valence-electron chi connectivity index (χ1n) is 10.3. The van der Waals surface area contributed by atoms with Crippen LogP contribution in [0.15, 0.2) is 90.0 Å². The predicted octanol–water partition coefficient (Wildman–Crippen LogP) is 5.40. The molecule has 0 aromatic heterocycles. The number of aryl methyl sites for hydroxylation is 1. The van der Waals surface area contributed by atoms with Crippen molar-refractivity contribution < 1.29 is 14.5 Å². The second-order valence-electron chi connectivity index (χ2n) is 7.50. The zero-order valence-corrected chi connectivity index (χ0v) is 17.9. The van der Waals surface area contributed by atoms with E-state index < -0.39 is 10.8 Å². The van der Waals surface area contributed by atoms with Gasteiger partial charge in [0.15, 0.2) is 0 Å². The lowest BCUT2D eigenvalue weighted by molar-refractivity contribution is -0.385. The number of carbonyl (C=O) groups is 1. The summed E-state index contributed by atoms with van der Waals surface area (Å²) in [6.45, 7) is 2.07. The highest BCUT2D eigenvalue weighted by atomic mass is 16.6. The van der Waals surface area contributed by atoms with Crippen LogP contribution in [0.25, 0.3) is 10.8 Å². The van der Waals surface area contributed by atoms with E-state index in [1.165, 1.54) is 35.2 Å². The monoisotopic (exact) mass is 439 g/mol. The van der Waals surface area contributed by atoms with Crippen LogP contribution in [-0.2, 0) is 6.61 Å². The Morgan fingerprint density at radius 1 is 1.00 bits per heavy atom. The van der Waals surface area contributed by atoms with E-state index in [4.69, 9.17) is 4.74 Å². The summed E-state index contributed by atoms with van der Waals surface area (Å²) in [5, 5.41) is 17.3. The van der Waals surface area contributed by atoms with Gasteiger partial charge in [0.1, 0.15) is 12.4 Å². The van der Waals surface area contributed by atoms with Crippen LogP contribution >= 0.6 is 0 Å². The number of hydrazone groups is 1. The van der Waals surface area contributed by atoms with E-state index in [0.717, 1.165) is 16.9 Å². The van der Waals surface area contributed by atoms with Crippen molar-refractivity contribution >= 4 is 28.6 Å². The Morgan fingerprint density at radius 3 is 2.52 bits per heavy atom. The van der Waals surface area contributed by atoms with Gasteiger partial charge < -0.3 is 4.74 Å². The van der Waals surface area contributed by atoms with E-state index in [0.29, 0.717) is 12.2 Å². The maximum absolute atomic E-state index is 12.2. The first-order valence-corrected chi connectivity index (χ1v) is 10.3. The van der Waals surface area contributed by atoms with E-state index >= 15 is 0 Å². The second kappa shape index (κ2) is 9.74. The summed E-state index contributed by atoms with van der Waals surface area (Å²) in [6, 6.07) is 26.0. The molecule has 7 heteroatoms. The van der Waals surface area contributed by atoms with Crippen molar-refractivity contribution in [3.8, 4) is 5.75 Å². The number of carbonyl (C=O) groups excluding carboxylic acids is 1. The molecule has 4 aromatic rings. The van der Waals surface area contributed by atoms with Crippen LogP contribution in [0.2, 0.25) is 0 Å². The van der Waals surface area contributed by atoms with Crippen LogP contribution < -0.4 is 10.2 Å². The van der Waals surface area contributed by atoms with Gasteiger partial charge in [-0.15, -0.1) is 0 Å². The molecule has 164 valence electrons. The molecule has 0 unspecified atom stereocenters. The Hall–Kier alpha value is -4.52. The van der Waals surface area contributed by atoms with Crippen LogP contribution in [0.4, 0.5) is 5.69 Å². The van der Waals surface area contributed by atoms with Gasteiger partial charge in [0.25, 0.3) is 11.6 Å². The van der Waals surface area contributed by atoms with E-state index in [-0.39, 0.29) is 11.3 Å². The molecule has 33 heavy (non-hydrogen) atoms. The second-order valence-corrected chi connectivity index (χ2v) is 7.50. The van der Waals surface area contributed by atoms with E-state index in [1.54, 1.807) is 6.92 Å². The number of hydrogen-bond donors (Lipinski definition) is 1. The summed E-state index contributed by atoms with van der Waals surface area (Å²) in [5.41, 5.74) is 4.79. The van der Waals surface area contributed by atoms with Crippen molar-refractivity contribution in [3.63, 3.8) is 0 Å². The van der Waals surface area contributed by atoms with Crippen LogP contribution in [0.1, 0.15) is 27.0 Å². The third kappa shape index (κ3) is 5.40. The molecule has 0 fully saturated rings. The number of hydrogen-bond acceptors (Lipinski definition) is 5. The number of nitrogens with one attached hydrogen (secondary N) is 1. The molecular weight excluding hydrogens is 418 g/mol. The molecule has 0 atom stereocenters. The predicted molar refractivity (Wildman–Crippen MR) is 128 cm³/mol. The maximum atomic E-state index is 12.2. The van der Waals surface area contributed by atoms with Gasteiger partial charge in [0.05, 0.1) is 11.1 Å². The van der Waals surface area contributed by atoms with Gasteiger partial charge in [0, 0.05) is 17.2 Å². The lowest BCUT2D eigenvalue weighted by Gasteiger charge is -2.07. The number of nitrogens with zero attached hydrogens (tertiary/aromatic N) is 2. The highest BCUT2D eigenvalue weighted by molar-refractivity contribution is 5.95. The Bertz CT molecular complexity index is 1350. The van der Waals surface area contributed by atoms with Gasteiger partial charge in [-0.25, -0.2) is 5.43 Å². The third-order valence-electron chi connectivity index (χ3n) is 5.15. The van der Waals surface area contributed by atoms with Gasteiger partial charge in [-0.05, 0) is 65.2 Å². The molecule has 0 spiro atoms. The van der Waals surface area contributed by atoms with Crippen LogP contribution in [0, 0.1) is 17.0 Å². The summed E-state index contributed by atoms with van der Waals surface area (Å²) in [4.78, 5) is 22.7. The number of nitro groups is 1. The molecule has 4 aromatic carbocycles. The SMILES string of the molecule is Cc1ccc(C(=O)N/N=C/c2ccc(OCc3ccc4ccccc4c3)cc2)cc1[N+](=O)[O-]. The molecule has 0 aliphatic carbocycles. The lowest BCUT2D eigenvalue weighted by Crippen LogP contribution is -2.17. The zero-order chi connectivity index (χ0) is 23.2. The van der Waals surface area contributed by atoms with Gasteiger partial charge in [-0.3, -0.25) is 14.9 Å². The summed E-state index contributed by atoms with van der Waals surface area (Å²) in [6.07, 6.45) is 1.49. The van der Waals surface area contributed by atoms with Crippen molar-refractivity contribution in [2.24, 2.45) is 5.10 Å². The van der Waals surface area contributed by atoms with E-state index in [9.17, 15) is 14.9 Å². The average molecular weight is 439 g/mol. The average Bonchev–Trinajstić information content (AvgIpc) is 2.83. The van der Waals surface area contributed by atoms with E-state index in [1.807, 2.05) is 36.4 Å². The number of rotatable bonds is 7. The fraction of sp³-hybridized carbons (Fsp3) is 0.0769. The fourth-order valence-corrected chi connectivity index (χ4v) is 3.32. The van der Waals surface area contributed by atoms with Crippen LogP contribution in [0.3, 0.4) is 0 Å². The Balaban J connectivity index is 1.33. The molecule has 0 aliphatic rings. The van der Waals surface area contributed by atoms with Crippen molar-refractivity contribution in [2.75, 3.05) is 0 Å². The smallest absolute Gasteiger partial charge is 0.273 e. The quantitative estimate of drug-likeness (QED) is 0.237. The van der Waals surface area contributed by atoms with Gasteiger partial charge >= 0.3 is 0 Å². The third-order valence-corrected chi connectivity index (χ3v) is 5.15. The minimum atomic E-state index is -0.523. The summed E-state index contributed by atoms with van der Waals surface area (Å²) < 4.78 is 5.87. The van der Waals surface area contributed by atoms with Crippen molar-refractivity contribution in [1.29, 1.82) is 0 Å². The Kier molecular flexibility index (Phi) is 6.40. The molecule has 1 amide bonds. The lowest BCUT2D eigenvalue weighted by atomic mass is 10.1. The van der Waals surface area contributed by atoms with Gasteiger partial charge in [0.2, 0.25) is 0 Å². The van der Waals surface area contributed by atoms with Crippen LogP contribution in [0.5, 0.6) is 5.75 Å². The molecule has 0 bridgehead atoms. The number of fused-ring (bicyclic) bond motifs is 1. The summed E-state index contributed by atoms with van der Waals surface area (Å²) in [5.74, 6) is 0.195. The molecule has 0 aliphatic heterocycles. The normalized spacial score (nSPS) is 10.9. The largest absolute Gasteiger partial charge is 0.489 e. The first-order chi connectivity index (χ1) is 16.0. The Labute approximate surface area is 190 Å². The van der Waals surface area contributed by atoms with Gasteiger partial charge in [-0.1, -0.05) is 42.5 Å². The zero-order valence-electron chi connectivity index (χ0n) is 17.9. The fourth-order valence-electron chi connectivity index (χ4n) is 3.32. The van der Waals surface area contributed by atoms with Crippen LogP contribution in [-0.4, -0.2) is 17.0 Å². The number of amides is 1. The molecule has 0 saturated carbocycles. The minimum Gasteiger partial charge on any atom is -0.489 e. The van der Waals surface area contributed by atoms with Crippen molar-refractivity contribution in [1.82, 2.24) is 5.43 Å². The highest BCUT2D eigenvalue weighted by Gasteiger charge is 2.14. The maximum Gasteiger partial charge on any atom is 0.273 e. The Morgan fingerprint density at radius 2 is 1.76 bits per heavy atom. The summed E-state index contributed by atoms with van der Waals surface area (Å²) in [7, 11) is 0. The molecule has 7 nitrogen and oxygen atoms in total. The number of benzene rings is 4. The number of ether oxygens (including phenoxy) is 1. The molecule has 0 radical (unpaired) electrons. The van der Waals surface area contributed by atoms with Gasteiger partial charge in [-0.2, -0.15) is 5.10 Å². The molecule has 0 heterocycles. The first kappa shape index (κ1) is 21.7. The molecule has 1 N–H and O–H groups in total. The van der Waals surface area contributed by atoms with Crippen molar-refractivity contribution in [3.05, 3.63) is 117 Å². The number of nitro benzene ring substituents is 1. The molecule has 0 saturated heterocycles. The highest BCUT2D eigenvalue weighted by Crippen LogP contribution is 2.20. The molecular formula is C26H21N3O4. The van der Waals surface area contributed by atoms with Crippen molar-refractivity contribution in [2.45, 2.75) is 13.5 Å². The topological polar surface area (TPSA) is 93.8 Å². The van der Waals surface area contributed by atoms with E-state index in [2.05, 4.69) is 40.9 Å². The molecule has 4 rings (SSSR count).